The Labute approximate surface area is 124 Å². The summed E-state index contributed by atoms with van der Waals surface area (Å²) in [7, 11) is 0. The Balaban J connectivity index is 2.09. The van der Waals surface area contributed by atoms with E-state index in [1.807, 2.05) is 30.3 Å². The molecule has 5 rings (SSSR count). The number of ketones is 1. The zero-order valence-corrected chi connectivity index (χ0v) is 11.3. The Kier molecular flexibility index (Phi) is 2.04. The van der Waals surface area contributed by atoms with E-state index in [4.69, 9.17) is 0 Å². The van der Waals surface area contributed by atoms with Crippen LogP contribution in [-0.2, 0) is 0 Å². The third kappa shape index (κ3) is 1.30. The molecule has 0 unspecified atom stereocenters. The third-order valence-corrected chi connectivity index (χ3v) is 3.97. The molecule has 0 saturated heterocycles. The van der Waals surface area contributed by atoms with E-state index in [1.165, 1.54) is 6.20 Å². The first kappa shape index (κ1) is 11.4. The molecular formula is C17H8N4O. The van der Waals surface area contributed by atoms with Crippen LogP contribution in [0.4, 0.5) is 0 Å². The highest BCUT2D eigenvalue weighted by Crippen LogP contribution is 2.37. The standard InChI is InChI=1S/C17H8N4O/c22-17-14-12-10(9-3-1-2-4-11(9)21-14)5-6-18-13(12)15-16(17)20-8-7-19-15/h1-8H. The van der Waals surface area contributed by atoms with Gasteiger partial charge >= 0.3 is 0 Å². The highest BCUT2D eigenvalue weighted by molar-refractivity contribution is 6.26. The van der Waals surface area contributed by atoms with E-state index >= 15 is 0 Å². The second-order valence-corrected chi connectivity index (χ2v) is 5.14. The summed E-state index contributed by atoms with van der Waals surface area (Å²) < 4.78 is 0. The molecule has 22 heavy (non-hydrogen) atoms. The van der Waals surface area contributed by atoms with Gasteiger partial charge in [-0.3, -0.25) is 14.8 Å². The monoisotopic (exact) mass is 284 g/mol. The van der Waals surface area contributed by atoms with E-state index in [0.29, 0.717) is 22.8 Å². The number of carbonyl (C=O) groups excluding carboxylic acids is 1. The number of para-hydroxylation sites is 1. The average Bonchev–Trinajstić information content (AvgIpc) is 2.59. The first-order valence-corrected chi connectivity index (χ1v) is 6.88. The van der Waals surface area contributed by atoms with E-state index < -0.39 is 0 Å². The molecule has 3 aromatic heterocycles. The summed E-state index contributed by atoms with van der Waals surface area (Å²) in [6.45, 7) is 0. The minimum Gasteiger partial charge on any atom is -0.285 e. The van der Waals surface area contributed by atoms with Gasteiger partial charge in [-0.2, -0.15) is 0 Å². The van der Waals surface area contributed by atoms with Gasteiger partial charge in [0.1, 0.15) is 22.8 Å². The van der Waals surface area contributed by atoms with E-state index in [9.17, 15) is 4.79 Å². The molecule has 0 fully saturated rings. The van der Waals surface area contributed by atoms with Crippen molar-refractivity contribution in [2.75, 3.05) is 0 Å². The molecule has 102 valence electrons. The fourth-order valence-corrected chi connectivity index (χ4v) is 3.03. The van der Waals surface area contributed by atoms with Gasteiger partial charge in [-0.1, -0.05) is 18.2 Å². The van der Waals surface area contributed by atoms with E-state index in [-0.39, 0.29) is 5.78 Å². The lowest BCUT2D eigenvalue weighted by Crippen LogP contribution is -2.15. The van der Waals surface area contributed by atoms with E-state index in [2.05, 4.69) is 19.9 Å². The Morgan fingerprint density at radius 1 is 0.682 bits per heavy atom. The SMILES string of the molecule is O=C1c2nccnc2-c2nccc3c2c1nc1ccccc13. The molecule has 0 atom stereocenters. The second-order valence-electron chi connectivity index (χ2n) is 5.14. The predicted molar refractivity (Wildman–Crippen MR) is 81.5 cm³/mol. The Morgan fingerprint density at radius 2 is 1.45 bits per heavy atom. The summed E-state index contributed by atoms with van der Waals surface area (Å²) in [6.07, 6.45) is 4.83. The Hall–Kier alpha value is -3.21. The van der Waals surface area contributed by atoms with Gasteiger partial charge in [-0.05, 0) is 17.5 Å². The van der Waals surface area contributed by atoms with Crippen LogP contribution in [0.25, 0.3) is 33.1 Å². The van der Waals surface area contributed by atoms with Crippen LogP contribution in [-0.4, -0.2) is 25.7 Å². The lowest BCUT2D eigenvalue weighted by atomic mass is 9.93. The minimum atomic E-state index is -0.195. The summed E-state index contributed by atoms with van der Waals surface area (Å²) in [5.74, 6) is -0.195. The van der Waals surface area contributed by atoms with Gasteiger partial charge < -0.3 is 0 Å². The van der Waals surface area contributed by atoms with Gasteiger partial charge in [-0.25, -0.2) is 9.97 Å². The maximum atomic E-state index is 12.7. The van der Waals surface area contributed by atoms with E-state index in [1.54, 1.807) is 12.4 Å². The first-order chi connectivity index (χ1) is 10.8. The van der Waals surface area contributed by atoms with Crippen LogP contribution >= 0.6 is 0 Å². The molecule has 0 N–H and O–H groups in total. The first-order valence-electron chi connectivity index (χ1n) is 6.88. The molecule has 5 nitrogen and oxygen atoms in total. The maximum absolute atomic E-state index is 12.7. The van der Waals surface area contributed by atoms with E-state index in [0.717, 1.165) is 21.7 Å². The zero-order valence-electron chi connectivity index (χ0n) is 11.3. The predicted octanol–water partition coefficient (Wildman–Crippen LogP) is 2.78. The average molecular weight is 284 g/mol. The summed E-state index contributed by atoms with van der Waals surface area (Å²) >= 11 is 0. The summed E-state index contributed by atoms with van der Waals surface area (Å²) in [6, 6.07) is 9.70. The number of aromatic nitrogens is 4. The smallest absolute Gasteiger partial charge is 0.232 e. The van der Waals surface area contributed by atoms with Crippen LogP contribution in [0.5, 0.6) is 0 Å². The maximum Gasteiger partial charge on any atom is 0.232 e. The zero-order chi connectivity index (χ0) is 14.7. The van der Waals surface area contributed by atoms with Crippen LogP contribution in [0.3, 0.4) is 0 Å². The molecule has 0 amide bonds. The summed E-state index contributed by atoms with van der Waals surface area (Å²) in [4.78, 5) is 30.2. The third-order valence-electron chi connectivity index (χ3n) is 3.97. The fourth-order valence-electron chi connectivity index (χ4n) is 3.03. The van der Waals surface area contributed by atoms with Crippen molar-refractivity contribution in [3.8, 4) is 11.4 Å². The van der Waals surface area contributed by atoms with Gasteiger partial charge in [0.2, 0.25) is 5.78 Å². The molecule has 1 aliphatic carbocycles. The molecule has 3 heterocycles. The molecule has 1 aliphatic rings. The molecule has 1 aromatic carbocycles. The number of benzene rings is 1. The normalized spacial score (nSPS) is 12.6. The van der Waals surface area contributed by atoms with Gasteiger partial charge in [-0.15, -0.1) is 0 Å². The minimum absolute atomic E-state index is 0.195. The van der Waals surface area contributed by atoms with Crippen molar-refractivity contribution in [2.24, 2.45) is 0 Å². The van der Waals surface area contributed by atoms with Crippen LogP contribution in [0.1, 0.15) is 16.2 Å². The molecule has 5 heteroatoms. The lowest BCUT2D eigenvalue weighted by molar-refractivity contribution is 0.103. The van der Waals surface area contributed by atoms with Crippen molar-refractivity contribution in [3.05, 3.63) is 60.3 Å². The topological polar surface area (TPSA) is 68.6 Å². The fraction of sp³-hybridized carbons (Fsp3) is 0. The molecule has 0 aliphatic heterocycles. The number of hydrogen-bond acceptors (Lipinski definition) is 5. The molecule has 0 bridgehead atoms. The van der Waals surface area contributed by atoms with Crippen LogP contribution in [0.2, 0.25) is 0 Å². The highest BCUT2D eigenvalue weighted by atomic mass is 16.1. The van der Waals surface area contributed by atoms with Crippen molar-refractivity contribution in [2.45, 2.75) is 0 Å². The van der Waals surface area contributed by atoms with Crippen LogP contribution in [0.15, 0.2) is 48.9 Å². The molecule has 0 radical (unpaired) electrons. The molecule has 0 spiro atoms. The summed E-state index contributed by atoms with van der Waals surface area (Å²) in [5.41, 5.74) is 2.72. The van der Waals surface area contributed by atoms with Crippen molar-refractivity contribution >= 4 is 27.5 Å². The van der Waals surface area contributed by atoms with Gasteiger partial charge in [0.25, 0.3) is 0 Å². The number of carbonyl (C=O) groups is 1. The number of rotatable bonds is 0. The number of nitrogens with zero attached hydrogens (tertiary/aromatic N) is 4. The van der Waals surface area contributed by atoms with Crippen molar-refractivity contribution in [3.63, 3.8) is 0 Å². The summed E-state index contributed by atoms with van der Waals surface area (Å²) in [5, 5.41) is 2.74. The van der Waals surface area contributed by atoms with Crippen molar-refractivity contribution in [1.29, 1.82) is 0 Å². The molecule has 4 aromatic rings. The molecule has 0 saturated carbocycles. The molecular weight excluding hydrogens is 276 g/mol. The van der Waals surface area contributed by atoms with Gasteiger partial charge in [0.05, 0.1) is 5.52 Å². The highest BCUT2D eigenvalue weighted by Gasteiger charge is 2.30. The second kappa shape index (κ2) is 3.92. The van der Waals surface area contributed by atoms with Crippen LogP contribution < -0.4 is 0 Å². The largest absolute Gasteiger partial charge is 0.285 e. The Bertz CT molecular complexity index is 1100. The quantitative estimate of drug-likeness (QED) is 0.409. The number of fused-ring (bicyclic) bond motifs is 4. The van der Waals surface area contributed by atoms with Crippen molar-refractivity contribution < 1.29 is 4.79 Å². The lowest BCUT2D eigenvalue weighted by Gasteiger charge is -2.17. The van der Waals surface area contributed by atoms with Crippen molar-refractivity contribution in [1.82, 2.24) is 19.9 Å². The van der Waals surface area contributed by atoms with Crippen LogP contribution in [0, 0.1) is 0 Å². The number of hydrogen-bond donors (Lipinski definition) is 0. The van der Waals surface area contributed by atoms with Gasteiger partial charge in [0.15, 0.2) is 0 Å². The van der Waals surface area contributed by atoms with Gasteiger partial charge in [0, 0.05) is 29.4 Å². The number of pyridine rings is 2. The Morgan fingerprint density at radius 3 is 2.36 bits per heavy atom.